The molecule has 0 aliphatic carbocycles. The third-order valence-corrected chi connectivity index (χ3v) is 2.76. The standard InChI is InChI=1S/C11H10BrF6NO/c12-8-5-7(6-19-4-3-10(13,14)15)1-2-9(8)20-11(16,17)18/h1-2,5,19H,3-4,6H2. The molecule has 1 N–H and O–H groups in total. The second-order valence-electron chi connectivity index (χ2n) is 3.85. The van der Waals surface area contributed by atoms with Gasteiger partial charge in [0, 0.05) is 13.1 Å². The van der Waals surface area contributed by atoms with E-state index in [9.17, 15) is 26.3 Å². The van der Waals surface area contributed by atoms with Crippen LogP contribution in [0.5, 0.6) is 5.75 Å². The van der Waals surface area contributed by atoms with Crippen LogP contribution in [-0.2, 0) is 6.54 Å². The Morgan fingerprint density at radius 2 is 1.75 bits per heavy atom. The van der Waals surface area contributed by atoms with Gasteiger partial charge >= 0.3 is 12.5 Å². The van der Waals surface area contributed by atoms with Crippen LogP contribution in [0.2, 0.25) is 0 Å². The smallest absolute Gasteiger partial charge is 0.405 e. The lowest BCUT2D eigenvalue weighted by atomic mass is 10.2. The molecule has 0 spiro atoms. The van der Waals surface area contributed by atoms with Gasteiger partial charge in [-0.2, -0.15) is 13.2 Å². The Morgan fingerprint density at radius 3 is 2.25 bits per heavy atom. The van der Waals surface area contributed by atoms with Crippen molar-refractivity contribution < 1.29 is 31.1 Å². The van der Waals surface area contributed by atoms with Crippen molar-refractivity contribution in [1.29, 1.82) is 0 Å². The predicted molar refractivity (Wildman–Crippen MR) is 63.2 cm³/mol. The summed E-state index contributed by atoms with van der Waals surface area (Å²) in [6.07, 6.45) is -10.0. The molecule has 0 radical (unpaired) electrons. The van der Waals surface area contributed by atoms with Gasteiger partial charge in [0.25, 0.3) is 0 Å². The monoisotopic (exact) mass is 365 g/mol. The minimum atomic E-state index is -4.80. The molecule has 1 aromatic carbocycles. The third kappa shape index (κ3) is 6.99. The number of nitrogens with one attached hydrogen (secondary N) is 1. The molecular weight excluding hydrogens is 356 g/mol. The maximum atomic E-state index is 12.0. The van der Waals surface area contributed by atoms with Gasteiger partial charge in [0.05, 0.1) is 10.9 Å². The summed E-state index contributed by atoms with van der Waals surface area (Å²) in [5.74, 6) is -0.406. The first-order chi connectivity index (χ1) is 9.07. The van der Waals surface area contributed by atoms with E-state index in [2.05, 4.69) is 26.0 Å². The van der Waals surface area contributed by atoms with Crippen molar-refractivity contribution in [2.24, 2.45) is 0 Å². The van der Waals surface area contributed by atoms with Gasteiger partial charge in [-0.25, -0.2) is 0 Å². The molecule has 0 atom stereocenters. The van der Waals surface area contributed by atoms with Crippen molar-refractivity contribution in [1.82, 2.24) is 5.32 Å². The van der Waals surface area contributed by atoms with Gasteiger partial charge in [-0.3, -0.25) is 0 Å². The van der Waals surface area contributed by atoms with E-state index in [1.807, 2.05) is 0 Å². The summed E-state index contributed by atoms with van der Waals surface area (Å²) >= 11 is 2.91. The normalized spacial score (nSPS) is 12.6. The van der Waals surface area contributed by atoms with Crippen LogP contribution in [0.25, 0.3) is 0 Å². The van der Waals surface area contributed by atoms with Crippen molar-refractivity contribution in [3.8, 4) is 5.75 Å². The maximum absolute atomic E-state index is 12.0. The Bertz CT molecular complexity index is 446. The minimum Gasteiger partial charge on any atom is -0.405 e. The molecule has 0 aliphatic heterocycles. The predicted octanol–water partition coefficient (Wildman–Crippen LogP) is 4.39. The number of hydrogen-bond acceptors (Lipinski definition) is 2. The number of ether oxygens (including phenoxy) is 1. The van der Waals surface area contributed by atoms with Crippen molar-refractivity contribution in [2.45, 2.75) is 25.5 Å². The van der Waals surface area contributed by atoms with Crippen LogP contribution in [0.15, 0.2) is 22.7 Å². The zero-order valence-electron chi connectivity index (χ0n) is 9.91. The molecule has 1 aromatic rings. The van der Waals surface area contributed by atoms with Crippen LogP contribution < -0.4 is 10.1 Å². The summed E-state index contributed by atoms with van der Waals surface area (Å²) in [5, 5.41) is 2.55. The summed E-state index contributed by atoms with van der Waals surface area (Å²) in [6, 6.07) is 3.78. The first kappa shape index (κ1) is 17.1. The van der Waals surface area contributed by atoms with E-state index in [0.717, 1.165) is 6.07 Å². The third-order valence-electron chi connectivity index (χ3n) is 2.14. The van der Waals surface area contributed by atoms with Crippen LogP contribution in [0.3, 0.4) is 0 Å². The Kier molecular flexibility index (Phi) is 5.69. The molecular formula is C11H10BrF6NO. The average Bonchev–Trinajstić information content (AvgIpc) is 2.25. The number of rotatable bonds is 5. The van der Waals surface area contributed by atoms with E-state index in [1.54, 1.807) is 0 Å². The summed E-state index contributed by atoms with van der Waals surface area (Å²) in [6.45, 7) is -0.150. The van der Waals surface area contributed by atoms with E-state index in [4.69, 9.17) is 0 Å². The van der Waals surface area contributed by atoms with Crippen LogP contribution >= 0.6 is 15.9 Å². The molecule has 0 saturated heterocycles. The largest absolute Gasteiger partial charge is 0.573 e. The highest BCUT2D eigenvalue weighted by atomic mass is 79.9. The van der Waals surface area contributed by atoms with E-state index < -0.39 is 24.7 Å². The summed E-state index contributed by atoms with van der Waals surface area (Å²) < 4.78 is 75.5. The van der Waals surface area contributed by atoms with Gasteiger partial charge in [-0.05, 0) is 33.6 Å². The molecule has 0 amide bonds. The molecule has 20 heavy (non-hydrogen) atoms. The minimum absolute atomic E-state index is 0.0740. The molecule has 0 aliphatic rings. The maximum Gasteiger partial charge on any atom is 0.573 e. The molecule has 0 unspecified atom stereocenters. The molecule has 114 valence electrons. The van der Waals surface area contributed by atoms with Crippen LogP contribution in [0, 0.1) is 0 Å². The molecule has 0 aromatic heterocycles. The first-order valence-electron chi connectivity index (χ1n) is 5.38. The Morgan fingerprint density at radius 1 is 1.10 bits per heavy atom. The second kappa shape index (κ2) is 6.66. The van der Waals surface area contributed by atoms with E-state index in [-0.39, 0.29) is 17.6 Å². The summed E-state index contributed by atoms with van der Waals surface area (Å²) in [4.78, 5) is 0. The molecule has 9 heteroatoms. The van der Waals surface area contributed by atoms with Gasteiger partial charge in [-0.1, -0.05) is 6.07 Å². The lowest BCUT2D eigenvalue weighted by molar-refractivity contribution is -0.274. The van der Waals surface area contributed by atoms with Gasteiger partial charge in [0.15, 0.2) is 0 Å². The molecule has 1 rings (SSSR count). The van der Waals surface area contributed by atoms with Crippen LogP contribution in [0.4, 0.5) is 26.3 Å². The topological polar surface area (TPSA) is 21.3 Å². The SMILES string of the molecule is FC(F)(F)CCNCc1ccc(OC(F)(F)F)c(Br)c1. The lowest BCUT2D eigenvalue weighted by Crippen LogP contribution is -2.21. The fourth-order valence-corrected chi connectivity index (χ4v) is 1.83. The molecule has 0 heterocycles. The summed E-state index contributed by atoms with van der Waals surface area (Å²) in [7, 11) is 0. The van der Waals surface area contributed by atoms with Crippen LogP contribution in [0.1, 0.15) is 12.0 Å². The second-order valence-corrected chi connectivity index (χ2v) is 4.71. The Labute approximate surface area is 119 Å². The van der Waals surface area contributed by atoms with Crippen molar-refractivity contribution in [2.75, 3.05) is 6.54 Å². The number of benzene rings is 1. The van der Waals surface area contributed by atoms with Crippen molar-refractivity contribution in [3.05, 3.63) is 28.2 Å². The number of alkyl halides is 6. The zero-order chi connectivity index (χ0) is 15.4. The highest BCUT2D eigenvalue weighted by molar-refractivity contribution is 9.10. The highest BCUT2D eigenvalue weighted by Crippen LogP contribution is 2.31. The quantitative estimate of drug-likeness (QED) is 0.617. The van der Waals surface area contributed by atoms with Gasteiger partial charge < -0.3 is 10.1 Å². The molecule has 0 fully saturated rings. The molecule has 0 saturated carbocycles. The summed E-state index contributed by atoms with van der Waals surface area (Å²) in [5.41, 5.74) is 0.536. The zero-order valence-corrected chi connectivity index (χ0v) is 11.5. The lowest BCUT2D eigenvalue weighted by Gasteiger charge is -2.12. The number of hydrogen-bond donors (Lipinski definition) is 1. The first-order valence-corrected chi connectivity index (χ1v) is 6.18. The average molecular weight is 366 g/mol. The van der Waals surface area contributed by atoms with Crippen molar-refractivity contribution >= 4 is 15.9 Å². The molecule has 0 bridgehead atoms. The van der Waals surface area contributed by atoms with Crippen molar-refractivity contribution in [3.63, 3.8) is 0 Å². The Hall–Kier alpha value is -0.960. The number of halogens is 7. The van der Waals surface area contributed by atoms with Crippen LogP contribution in [-0.4, -0.2) is 19.1 Å². The van der Waals surface area contributed by atoms with Gasteiger partial charge in [0.2, 0.25) is 0 Å². The molecule has 2 nitrogen and oxygen atoms in total. The highest BCUT2D eigenvalue weighted by Gasteiger charge is 2.32. The fourth-order valence-electron chi connectivity index (χ4n) is 1.32. The Balaban J connectivity index is 2.51. The van der Waals surface area contributed by atoms with Gasteiger partial charge in [-0.15, -0.1) is 13.2 Å². The van der Waals surface area contributed by atoms with Gasteiger partial charge in [0.1, 0.15) is 5.75 Å². The van der Waals surface area contributed by atoms with E-state index >= 15 is 0 Å². The fraction of sp³-hybridized carbons (Fsp3) is 0.455. The van der Waals surface area contributed by atoms with E-state index in [0.29, 0.717) is 5.56 Å². The van der Waals surface area contributed by atoms with E-state index in [1.165, 1.54) is 12.1 Å².